The smallest absolute Gasteiger partial charge is 0.237 e. The lowest BCUT2D eigenvalue weighted by atomic mass is 9.98. The second kappa shape index (κ2) is 7.55. The molecule has 1 aromatic carbocycles. The SMILES string of the molecule is CCC(C)C(N)C(=O)NC(C)Cc1cc2c(cc1OC)OCO2. The molecule has 0 spiro atoms. The molecule has 3 N–H and O–H groups in total. The van der Waals surface area contributed by atoms with Gasteiger partial charge in [-0.1, -0.05) is 20.3 Å². The molecule has 1 aliphatic heterocycles. The Bertz CT molecular complexity index is 562. The molecule has 0 radical (unpaired) electrons. The maximum Gasteiger partial charge on any atom is 0.237 e. The van der Waals surface area contributed by atoms with Crippen molar-refractivity contribution in [2.45, 2.75) is 45.7 Å². The number of nitrogens with one attached hydrogen (secondary N) is 1. The van der Waals surface area contributed by atoms with Crippen LogP contribution in [0.5, 0.6) is 17.2 Å². The lowest BCUT2D eigenvalue weighted by Crippen LogP contribution is -2.48. The predicted octanol–water partition coefficient (Wildman–Crippen LogP) is 1.84. The summed E-state index contributed by atoms with van der Waals surface area (Å²) in [5.74, 6) is 2.15. The summed E-state index contributed by atoms with van der Waals surface area (Å²) in [4.78, 5) is 12.2. The number of methoxy groups -OCH3 is 1. The molecular formula is C17H26N2O4. The molecule has 3 unspecified atom stereocenters. The van der Waals surface area contributed by atoms with E-state index in [-0.39, 0.29) is 24.7 Å². The molecule has 0 fully saturated rings. The van der Waals surface area contributed by atoms with Gasteiger partial charge in [-0.25, -0.2) is 0 Å². The number of amides is 1. The van der Waals surface area contributed by atoms with E-state index in [4.69, 9.17) is 19.9 Å². The molecule has 23 heavy (non-hydrogen) atoms. The standard InChI is InChI=1S/C17H26N2O4/c1-5-10(2)16(18)17(20)19-11(3)6-12-7-14-15(23-9-22-14)8-13(12)21-4/h7-8,10-11,16H,5-6,9,18H2,1-4H3,(H,19,20). The van der Waals surface area contributed by atoms with Gasteiger partial charge in [-0.3, -0.25) is 4.79 Å². The van der Waals surface area contributed by atoms with Crippen molar-refractivity contribution in [1.29, 1.82) is 0 Å². The highest BCUT2D eigenvalue weighted by Gasteiger charge is 2.23. The normalized spacial score (nSPS) is 16.6. The van der Waals surface area contributed by atoms with Crippen LogP contribution in [-0.2, 0) is 11.2 Å². The Balaban J connectivity index is 2.03. The van der Waals surface area contributed by atoms with Crippen LogP contribution in [0.2, 0.25) is 0 Å². The summed E-state index contributed by atoms with van der Waals surface area (Å²) < 4.78 is 16.2. The topological polar surface area (TPSA) is 82.8 Å². The van der Waals surface area contributed by atoms with Crippen molar-refractivity contribution in [3.63, 3.8) is 0 Å². The van der Waals surface area contributed by atoms with E-state index in [1.54, 1.807) is 7.11 Å². The van der Waals surface area contributed by atoms with Gasteiger partial charge in [0.15, 0.2) is 11.5 Å². The van der Waals surface area contributed by atoms with Crippen molar-refractivity contribution < 1.29 is 19.0 Å². The van der Waals surface area contributed by atoms with Gasteiger partial charge in [0.2, 0.25) is 12.7 Å². The molecule has 1 aliphatic rings. The molecule has 6 nitrogen and oxygen atoms in total. The van der Waals surface area contributed by atoms with Crippen LogP contribution >= 0.6 is 0 Å². The van der Waals surface area contributed by atoms with Crippen LogP contribution < -0.4 is 25.3 Å². The number of rotatable bonds is 7. The fourth-order valence-corrected chi connectivity index (χ4v) is 2.55. The molecule has 1 amide bonds. The van der Waals surface area contributed by atoms with Gasteiger partial charge < -0.3 is 25.3 Å². The first-order valence-corrected chi connectivity index (χ1v) is 7.98. The number of hydrogen-bond acceptors (Lipinski definition) is 5. The fraction of sp³-hybridized carbons (Fsp3) is 0.588. The molecule has 0 saturated carbocycles. The second-order valence-electron chi connectivity index (χ2n) is 6.04. The first-order valence-electron chi connectivity index (χ1n) is 7.98. The molecule has 0 saturated heterocycles. The van der Waals surface area contributed by atoms with E-state index in [9.17, 15) is 4.79 Å². The van der Waals surface area contributed by atoms with Gasteiger partial charge in [-0.05, 0) is 25.3 Å². The molecule has 0 bridgehead atoms. The highest BCUT2D eigenvalue weighted by atomic mass is 16.7. The van der Waals surface area contributed by atoms with Crippen LogP contribution in [0.3, 0.4) is 0 Å². The zero-order chi connectivity index (χ0) is 17.0. The average Bonchev–Trinajstić information content (AvgIpc) is 2.99. The molecule has 1 heterocycles. The molecule has 2 rings (SSSR count). The van der Waals surface area contributed by atoms with E-state index in [1.807, 2.05) is 32.9 Å². The Morgan fingerprint density at radius 2 is 2.00 bits per heavy atom. The Morgan fingerprint density at radius 1 is 1.35 bits per heavy atom. The maximum absolute atomic E-state index is 12.2. The largest absolute Gasteiger partial charge is 0.496 e. The summed E-state index contributed by atoms with van der Waals surface area (Å²) in [6.45, 7) is 6.18. The van der Waals surface area contributed by atoms with Crippen molar-refractivity contribution in [1.82, 2.24) is 5.32 Å². The van der Waals surface area contributed by atoms with Crippen LogP contribution in [-0.4, -0.2) is 31.9 Å². The minimum Gasteiger partial charge on any atom is -0.496 e. The van der Waals surface area contributed by atoms with Crippen LogP contribution in [0.15, 0.2) is 12.1 Å². The van der Waals surface area contributed by atoms with Crippen molar-refractivity contribution in [3.05, 3.63) is 17.7 Å². The average molecular weight is 322 g/mol. The fourth-order valence-electron chi connectivity index (χ4n) is 2.55. The lowest BCUT2D eigenvalue weighted by molar-refractivity contribution is -0.124. The highest BCUT2D eigenvalue weighted by Crippen LogP contribution is 2.38. The van der Waals surface area contributed by atoms with Gasteiger partial charge >= 0.3 is 0 Å². The Kier molecular flexibility index (Phi) is 5.71. The van der Waals surface area contributed by atoms with Crippen molar-refractivity contribution in [2.24, 2.45) is 11.7 Å². The van der Waals surface area contributed by atoms with E-state index < -0.39 is 6.04 Å². The molecule has 0 aromatic heterocycles. The Morgan fingerprint density at radius 3 is 2.61 bits per heavy atom. The Hall–Kier alpha value is -1.95. The van der Waals surface area contributed by atoms with Crippen molar-refractivity contribution in [3.8, 4) is 17.2 Å². The predicted molar refractivity (Wildman–Crippen MR) is 87.9 cm³/mol. The van der Waals surface area contributed by atoms with E-state index in [0.29, 0.717) is 17.9 Å². The van der Waals surface area contributed by atoms with Crippen molar-refractivity contribution in [2.75, 3.05) is 13.9 Å². The molecule has 3 atom stereocenters. The molecule has 6 heteroatoms. The van der Waals surface area contributed by atoms with E-state index in [0.717, 1.165) is 17.7 Å². The number of carbonyl (C=O) groups is 1. The summed E-state index contributed by atoms with van der Waals surface area (Å²) in [7, 11) is 1.61. The van der Waals surface area contributed by atoms with E-state index in [1.165, 1.54) is 0 Å². The number of hydrogen-bond donors (Lipinski definition) is 2. The third kappa shape index (κ3) is 4.07. The van der Waals surface area contributed by atoms with Crippen LogP contribution in [0.1, 0.15) is 32.8 Å². The third-order valence-electron chi connectivity index (χ3n) is 4.25. The zero-order valence-electron chi connectivity index (χ0n) is 14.2. The number of fused-ring (bicyclic) bond motifs is 1. The van der Waals surface area contributed by atoms with Crippen LogP contribution in [0.4, 0.5) is 0 Å². The van der Waals surface area contributed by atoms with E-state index >= 15 is 0 Å². The molecule has 0 aliphatic carbocycles. The summed E-state index contributed by atoms with van der Waals surface area (Å²) in [6.07, 6.45) is 1.50. The van der Waals surface area contributed by atoms with Crippen LogP contribution in [0.25, 0.3) is 0 Å². The maximum atomic E-state index is 12.2. The summed E-state index contributed by atoms with van der Waals surface area (Å²) in [5.41, 5.74) is 6.93. The summed E-state index contributed by atoms with van der Waals surface area (Å²) in [5, 5.41) is 2.97. The minimum atomic E-state index is -0.485. The number of nitrogens with two attached hydrogens (primary N) is 1. The zero-order valence-corrected chi connectivity index (χ0v) is 14.2. The summed E-state index contributed by atoms with van der Waals surface area (Å²) >= 11 is 0. The molecule has 128 valence electrons. The highest BCUT2D eigenvalue weighted by molar-refractivity contribution is 5.82. The van der Waals surface area contributed by atoms with Crippen LogP contribution in [0, 0.1) is 5.92 Å². The van der Waals surface area contributed by atoms with Gasteiger partial charge in [0.1, 0.15) is 5.75 Å². The monoisotopic (exact) mass is 322 g/mol. The first kappa shape index (κ1) is 17.4. The van der Waals surface area contributed by atoms with Gasteiger partial charge in [-0.15, -0.1) is 0 Å². The van der Waals surface area contributed by atoms with Gasteiger partial charge in [0.05, 0.1) is 13.2 Å². The van der Waals surface area contributed by atoms with E-state index in [2.05, 4.69) is 5.32 Å². The van der Waals surface area contributed by atoms with Gasteiger partial charge in [-0.2, -0.15) is 0 Å². The second-order valence-corrected chi connectivity index (χ2v) is 6.04. The van der Waals surface area contributed by atoms with Gasteiger partial charge in [0.25, 0.3) is 0 Å². The minimum absolute atomic E-state index is 0.0631. The third-order valence-corrected chi connectivity index (χ3v) is 4.25. The molecule has 1 aromatic rings. The molecular weight excluding hydrogens is 296 g/mol. The quantitative estimate of drug-likeness (QED) is 0.800. The lowest BCUT2D eigenvalue weighted by Gasteiger charge is -2.21. The van der Waals surface area contributed by atoms with Gasteiger partial charge in [0, 0.05) is 17.7 Å². The number of carbonyl (C=O) groups excluding carboxylic acids is 1. The number of benzene rings is 1. The van der Waals surface area contributed by atoms with Crippen molar-refractivity contribution >= 4 is 5.91 Å². The first-order chi connectivity index (χ1) is 11.0. The Labute approximate surface area is 137 Å². The summed E-state index contributed by atoms with van der Waals surface area (Å²) in [6, 6.07) is 3.17. The number of ether oxygens (including phenoxy) is 3.